The number of anilines is 1. The van der Waals surface area contributed by atoms with Crippen LogP contribution in [0.25, 0.3) is 0 Å². The normalized spacial score (nSPS) is 13.5. The molecule has 2 atom stereocenters. The summed E-state index contributed by atoms with van der Waals surface area (Å²) in [6, 6.07) is 9.27. The van der Waals surface area contributed by atoms with E-state index in [4.69, 9.17) is 0 Å². The molecule has 0 aliphatic rings. The standard InChI is InChI=1S/C21H24F3N3O2/c1-12(11-21(22,23)24)16-6-5-7-17(9-16)20(29)26-14(3)18-8-13(2)25-19(10-18)27-15(4)28/h5-10,12,14H,11H2,1-4H3,(H,26,29)(H,25,27,28). The van der Waals surface area contributed by atoms with E-state index in [9.17, 15) is 22.8 Å². The monoisotopic (exact) mass is 407 g/mol. The second-order valence-corrected chi connectivity index (χ2v) is 7.15. The lowest BCUT2D eigenvalue weighted by molar-refractivity contribution is -0.137. The van der Waals surface area contributed by atoms with Gasteiger partial charge in [-0.15, -0.1) is 0 Å². The first-order valence-corrected chi connectivity index (χ1v) is 9.18. The molecule has 0 bridgehead atoms. The summed E-state index contributed by atoms with van der Waals surface area (Å²) in [5.41, 5.74) is 2.16. The van der Waals surface area contributed by atoms with Gasteiger partial charge in [-0.1, -0.05) is 19.1 Å². The van der Waals surface area contributed by atoms with Crippen molar-refractivity contribution >= 4 is 17.6 Å². The molecule has 0 fully saturated rings. The van der Waals surface area contributed by atoms with Crippen LogP contribution in [-0.4, -0.2) is 23.0 Å². The van der Waals surface area contributed by atoms with E-state index in [1.165, 1.54) is 19.9 Å². The van der Waals surface area contributed by atoms with E-state index in [0.717, 1.165) is 5.56 Å². The van der Waals surface area contributed by atoms with Gasteiger partial charge in [-0.25, -0.2) is 4.98 Å². The second-order valence-electron chi connectivity index (χ2n) is 7.15. The van der Waals surface area contributed by atoms with Gasteiger partial charge in [0.15, 0.2) is 0 Å². The molecule has 0 aliphatic heterocycles. The molecule has 2 N–H and O–H groups in total. The summed E-state index contributed by atoms with van der Waals surface area (Å²) in [5.74, 6) is -1.01. The second kappa shape index (κ2) is 9.07. The van der Waals surface area contributed by atoms with Gasteiger partial charge in [-0.3, -0.25) is 9.59 Å². The molecule has 156 valence electrons. The molecule has 8 heteroatoms. The van der Waals surface area contributed by atoms with E-state index < -0.39 is 30.5 Å². The lowest BCUT2D eigenvalue weighted by Gasteiger charge is -2.18. The van der Waals surface area contributed by atoms with Crippen LogP contribution in [0, 0.1) is 6.92 Å². The third-order valence-corrected chi connectivity index (χ3v) is 4.38. The first kappa shape index (κ1) is 22.4. The third-order valence-electron chi connectivity index (χ3n) is 4.38. The number of halogens is 3. The van der Waals surface area contributed by atoms with Gasteiger partial charge in [0.2, 0.25) is 5.91 Å². The number of carbonyl (C=O) groups is 2. The molecule has 0 saturated heterocycles. The number of hydrogen-bond acceptors (Lipinski definition) is 3. The van der Waals surface area contributed by atoms with Crippen molar-refractivity contribution in [3.8, 4) is 0 Å². The highest BCUT2D eigenvalue weighted by Gasteiger charge is 2.30. The van der Waals surface area contributed by atoms with Crippen LogP contribution in [0.15, 0.2) is 36.4 Å². The Bertz CT molecular complexity index is 897. The molecule has 29 heavy (non-hydrogen) atoms. The molecule has 0 saturated carbocycles. The molecule has 0 spiro atoms. The van der Waals surface area contributed by atoms with Crippen molar-refractivity contribution < 1.29 is 22.8 Å². The number of nitrogens with zero attached hydrogens (tertiary/aromatic N) is 1. The Hall–Kier alpha value is -2.90. The van der Waals surface area contributed by atoms with Gasteiger partial charge in [0.1, 0.15) is 5.82 Å². The molecule has 2 unspecified atom stereocenters. The number of pyridine rings is 1. The molecule has 2 aromatic rings. The average Bonchev–Trinajstić information content (AvgIpc) is 2.59. The van der Waals surface area contributed by atoms with Crippen molar-refractivity contribution in [1.82, 2.24) is 10.3 Å². The smallest absolute Gasteiger partial charge is 0.346 e. The summed E-state index contributed by atoms with van der Waals surface area (Å²) < 4.78 is 37.9. The zero-order chi connectivity index (χ0) is 21.8. The number of aryl methyl sites for hydroxylation is 1. The van der Waals surface area contributed by atoms with Crippen LogP contribution in [0.5, 0.6) is 0 Å². The predicted octanol–water partition coefficient (Wildman–Crippen LogP) is 4.90. The highest BCUT2D eigenvalue weighted by molar-refractivity contribution is 5.94. The minimum absolute atomic E-state index is 0.254. The maximum atomic E-state index is 12.6. The summed E-state index contributed by atoms with van der Waals surface area (Å²) in [5, 5.41) is 5.44. The van der Waals surface area contributed by atoms with E-state index in [1.807, 2.05) is 0 Å². The number of alkyl halides is 3. The lowest BCUT2D eigenvalue weighted by atomic mass is 9.95. The Balaban J connectivity index is 2.15. The molecule has 1 aromatic carbocycles. The van der Waals surface area contributed by atoms with Crippen LogP contribution in [0.4, 0.5) is 19.0 Å². The number of aromatic nitrogens is 1. The van der Waals surface area contributed by atoms with E-state index in [0.29, 0.717) is 17.1 Å². The molecule has 0 aliphatic carbocycles. The largest absolute Gasteiger partial charge is 0.389 e. The fraction of sp³-hybridized carbons (Fsp3) is 0.381. The molecule has 5 nitrogen and oxygen atoms in total. The maximum absolute atomic E-state index is 12.6. The highest BCUT2D eigenvalue weighted by Crippen LogP contribution is 2.31. The van der Waals surface area contributed by atoms with Crippen molar-refractivity contribution in [3.05, 3.63) is 58.8 Å². The SMILES string of the molecule is CC(=O)Nc1cc(C(C)NC(=O)c2cccc(C(C)CC(F)(F)F)c2)cc(C)n1. The third kappa shape index (κ3) is 6.89. The Labute approximate surface area is 167 Å². The molecule has 1 aromatic heterocycles. The Morgan fingerprint density at radius 1 is 1.10 bits per heavy atom. The summed E-state index contributed by atoms with van der Waals surface area (Å²) in [6.07, 6.45) is -5.21. The molecule has 1 heterocycles. The molecule has 0 radical (unpaired) electrons. The first-order chi connectivity index (χ1) is 13.4. The van der Waals surface area contributed by atoms with Crippen molar-refractivity contribution in [1.29, 1.82) is 0 Å². The van der Waals surface area contributed by atoms with E-state index in [1.54, 1.807) is 44.2 Å². The van der Waals surface area contributed by atoms with Gasteiger partial charge < -0.3 is 10.6 Å². The van der Waals surface area contributed by atoms with Crippen LogP contribution < -0.4 is 10.6 Å². The minimum atomic E-state index is -4.27. The van der Waals surface area contributed by atoms with Crippen LogP contribution in [0.3, 0.4) is 0 Å². The van der Waals surface area contributed by atoms with Crippen molar-refractivity contribution in [2.45, 2.75) is 52.3 Å². The Morgan fingerprint density at radius 3 is 2.41 bits per heavy atom. The van der Waals surface area contributed by atoms with Crippen LogP contribution in [-0.2, 0) is 4.79 Å². The first-order valence-electron chi connectivity index (χ1n) is 9.18. The molecular weight excluding hydrogens is 383 g/mol. The summed E-state index contributed by atoms with van der Waals surface area (Å²) in [4.78, 5) is 28.1. The maximum Gasteiger partial charge on any atom is 0.389 e. The molecular formula is C21H24F3N3O2. The summed E-state index contributed by atoms with van der Waals surface area (Å²) in [6.45, 7) is 6.41. The lowest BCUT2D eigenvalue weighted by Crippen LogP contribution is -2.27. The van der Waals surface area contributed by atoms with Crippen LogP contribution in [0.2, 0.25) is 0 Å². The van der Waals surface area contributed by atoms with Crippen molar-refractivity contribution in [3.63, 3.8) is 0 Å². The quantitative estimate of drug-likeness (QED) is 0.716. The number of amides is 2. The van der Waals surface area contributed by atoms with E-state index >= 15 is 0 Å². The van der Waals surface area contributed by atoms with Gasteiger partial charge >= 0.3 is 6.18 Å². The van der Waals surface area contributed by atoms with Gasteiger partial charge in [0.25, 0.3) is 5.91 Å². The van der Waals surface area contributed by atoms with Gasteiger partial charge in [-0.05, 0) is 55.2 Å². The van der Waals surface area contributed by atoms with Gasteiger partial charge in [-0.2, -0.15) is 13.2 Å². The zero-order valence-electron chi connectivity index (χ0n) is 16.7. The fourth-order valence-electron chi connectivity index (χ4n) is 3.00. The van der Waals surface area contributed by atoms with E-state index in [-0.39, 0.29) is 11.5 Å². The summed E-state index contributed by atoms with van der Waals surface area (Å²) in [7, 11) is 0. The van der Waals surface area contributed by atoms with Crippen LogP contribution in [0.1, 0.15) is 66.3 Å². The summed E-state index contributed by atoms with van der Waals surface area (Å²) >= 11 is 0. The van der Waals surface area contributed by atoms with Crippen molar-refractivity contribution in [2.24, 2.45) is 0 Å². The van der Waals surface area contributed by atoms with Gasteiger partial charge in [0.05, 0.1) is 12.5 Å². The fourth-order valence-corrected chi connectivity index (χ4v) is 3.00. The average molecular weight is 407 g/mol. The number of benzene rings is 1. The van der Waals surface area contributed by atoms with E-state index in [2.05, 4.69) is 15.6 Å². The zero-order valence-corrected chi connectivity index (χ0v) is 16.7. The highest BCUT2D eigenvalue weighted by atomic mass is 19.4. The van der Waals surface area contributed by atoms with Crippen LogP contribution >= 0.6 is 0 Å². The molecule has 2 amide bonds. The topological polar surface area (TPSA) is 71.1 Å². The number of nitrogens with one attached hydrogen (secondary N) is 2. The molecule has 2 rings (SSSR count). The Morgan fingerprint density at radius 2 is 1.79 bits per heavy atom. The number of carbonyl (C=O) groups excluding carboxylic acids is 2. The predicted molar refractivity (Wildman–Crippen MR) is 105 cm³/mol. The Kier molecular flexibility index (Phi) is 7.00. The minimum Gasteiger partial charge on any atom is -0.346 e. The number of hydrogen-bond donors (Lipinski definition) is 2. The van der Waals surface area contributed by atoms with Crippen molar-refractivity contribution in [2.75, 3.05) is 5.32 Å². The number of rotatable bonds is 6. The van der Waals surface area contributed by atoms with Gasteiger partial charge in [0, 0.05) is 18.2 Å².